The molecule has 1 fully saturated rings. The largest absolute Gasteiger partial charge is 0.394 e. The Labute approximate surface area is 112 Å². The van der Waals surface area contributed by atoms with E-state index in [1.807, 2.05) is 0 Å². The van der Waals surface area contributed by atoms with Crippen LogP contribution in [0.15, 0.2) is 18.2 Å². The van der Waals surface area contributed by atoms with Gasteiger partial charge in [-0.2, -0.15) is 0 Å². The lowest BCUT2D eigenvalue weighted by atomic mass is 9.88. The van der Waals surface area contributed by atoms with Gasteiger partial charge in [-0.3, -0.25) is 0 Å². The average Bonchev–Trinajstić information content (AvgIpc) is 2.42. The van der Waals surface area contributed by atoms with Crippen molar-refractivity contribution < 1.29 is 13.9 Å². The van der Waals surface area contributed by atoms with E-state index in [4.69, 9.17) is 0 Å². The first-order valence-corrected chi connectivity index (χ1v) is 6.89. The first-order valence-electron chi connectivity index (χ1n) is 6.89. The summed E-state index contributed by atoms with van der Waals surface area (Å²) in [7, 11) is 0. The molecule has 2 nitrogen and oxygen atoms in total. The van der Waals surface area contributed by atoms with Gasteiger partial charge in [0.15, 0.2) is 0 Å². The molecule has 0 amide bonds. The highest BCUT2D eigenvalue weighted by Crippen LogP contribution is 2.28. The summed E-state index contributed by atoms with van der Waals surface area (Å²) in [6.07, 6.45) is 5.55. The van der Waals surface area contributed by atoms with Crippen molar-refractivity contribution in [3.05, 3.63) is 35.4 Å². The van der Waals surface area contributed by atoms with Crippen molar-refractivity contribution in [3.8, 4) is 0 Å². The quantitative estimate of drug-likeness (QED) is 0.880. The molecule has 0 heterocycles. The minimum atomic E-state index is -0.936. The van der Waals surface area contributed by atoms with Gasteiger partial charge in [0.05, 0.1) is 12.1 Å². The van der Waals surface area contributed by atoms with E-state index >= 15 is 0 Å². The Bertz CT molecular complexity index is 432. The van der Waals surface area contributed by atoms with Crippen molar-refractivity contribution in [2.24, 2.45) is 0 Å². The highest BCUT2D eigenvalue weighted by molar-refractivity contribution is 5.27. The van der Waals surface area contributed by atoms with Gasteiger partial charge in [0.25, 0.3) is 0 Å². The van der Waals surface area contributed by atoms with Crippen molar-refractivity contribution >= 4 is 0 Å². The maximum absolute atomic E-state index is 13.9. The molecule has 2 N–H and O–H groups in total. The van der Waals surface area contributed by atoms with Crippen LogP contribution in [0.1, 0.15) is 44.6 Å². The molecule has 2 rings (SSSR count). The second-order valence-corrected chi connectivity index (χ2v) is 5.59. The summed E-state index contributed by atoms with van der Waals surface area (Å²) in [6.45, 7) is 1.46. The van der Waals surface area contributed by atoms with Crippen LogP contribution in [0, 0.1) is 11.6 Å². The standard InChI is InChI=1S/C15H21F2NO/c1-15(10-19,18-12-5-3-2-4-6-12)13-9-11(16)7-8-14(13)17/h7-9,12,18-19H,2-6,10H2,1H3. The van der Waals surface area contributed by atoms with E-state index in [1.54, 1.807) is 6.92 Å². The maximum Gasteiger partial charge on any atom is 0.128 e. The second-order valence-electron chi connectivity index (χ2n) is 5.59. The number of aliphatic hydroxyl groups is 1. The summed E-state index contributed by atoms with van der Waals surface area (Å²) in [6, 6.07) is 3.63. The molecule has 0 aliphatic heterocycles. The van der Waals surface area contributed by atoms with Crippen molar-refractivity contribution in [3.63, 3.8) is 0 Å². The van der Waals surface area contributed by atoms with Crippen LogP contribution < -0.4 is 5.32 Å². The predicted molar refractivity (Wildman–Crippen MR) is 70.8 cm³/mol. The number of halogens is 2. The first-order chi connectivity index (χ1) is 9.05. The molecule has 0 saturated heterocycles. The lowest BCUT2D eigenvalue weighted by Crippen LogP contribution is -2.49. The Balaban J connectivity index is 2.22. The average molecular weight is 269 g/mol. The molecular formula is C15H21F2NO. The number of hydrogen-bond donors (Lipinski definition) is 2. The normalized spacial score (nSPS) is 20.2. The second kappa shape index (κ2) is 5.97. The van der Waals surface area contributed by atoms with E-state index in [0.717, 1.165) is 37.8 Å². The number of hydrogen-bond acceptors (Lipinski definition) is 2. The van der Waals surface area contributed by atoms with Gasteiger partial charge in [-0.05, 0) is 38.0 Å². The van der Waals surface area contributed by atoms with Crippen LogP contribution in [-0.4, -0.2) is 17.8 Å². The van der Waals surface area contributed by atoms with Gasteiger partial charge in [-0.1, -0.05) is 19.3 Å². The van der Waals surface area contributed by atoms with Crippen LogP contribution in [0.4, 0.5) is 8.78 Å². The predicted octanol–water partition coefficient (Wildman–Crippen LogP) is 3.09. The third-order valence-electron chi connectivity index (χ3n) is 3.97. The monoisotopic (exact) mass is 269 g/mol. The molecule has 0 radical (unpaired) electrons. The molecular weight excluding hydrogens is 248 g/mol. The minimum absolute atomic E-state index is 0.195. The molecule has 106 valence electrons. The van der Waals surface area contributed by atoms with E-state index in [0.29, 0.717) is 0 Å². The van der Waals surface area contributed by atoms with Crippen LogP contribution in [0.25, 0.3) is 0 Å². The highest BCUT2D eigenvalue weighted by atomic mass is 19.1. The number of aliphatic hydroxyl groups excluding tert-OH is 1. The van der Waals surface area contributed by atoms with Gasteiger partial charge in [0.2, 0.25) is 0 Å². The molecule has 1 unspecified atom stereocenters. The van der Waals surface area contributed by atoms with Gasteiger partial charge in [0.1, 0.15) is 11.6 Å². The molecule has 19 heavy (non-hydrogen) atoms. The van der Waals surface area contributed by atoms with E-state index < -0.39 is 17.2 Å². The molecule has 1 aliphatic carbocycles. The Morgan fingerprint density at radius 2 is 1.95 bits per heavy atom. The molecule has 0 bridgehead atoms. The van der Waals surface area contributed by atoms with Gasteiger partial charge < -0.3 is 10.4 Å². The van der Waals surface area contributed by atoms with E-state index in [1.165, 1.54) is 12.5 Å². The van der Waals surface area contributed by atoms with E-state index in [-0.39, 0.29) is 18.2 Å². The van der Waals surface area contributed by atoms with Crippen LogP contribution in [0.2, 0.25) is 0 Å². The molecule has 1 aromatic carbocycles. The number of rotatable bonds is 4. The zero-order valence-electron chi connectivity index (χ0n) is 11.3. The van der Waals surface area contributed by atoms with Crippen molar-refractivity contribution in [2.75, 3.05) is 6.61 Å². The molecule has 0 aromatic heterocycles. The SMILES string of the molecule is CC(CO)(NC1CCCCC1)c1cc(F)ccc1F. The van der Waals surface area contributed by atoms with Crippen molar-refractivity contribution in [1.29, 1.82) is 0 Å². The first kappa shape index (κ1) is 14.4. The Hall–Kier alpha value is -1.00. The molecule has 4 heteroatoms. The fourth-order valence-electron chi connectivity index (χ4n) is 2.83. The van der Waals surface area contributed by atoms with E-state index in [2.05, 4.69) is 5.32 Å². The third kappa shape index (κ3) is 3.31. The fourth-order valence-corrected chi connectivity index (χ4v) is 2.83. The van der Waals surface area contributed by atoms with Gasteiger partial charge in [-0.25, -0.2) is 8.78 Å². The Morgan fingerprint density at radius 1 is 1.26 bits per heavy atom. The summed E-state index contributed by atoms with van der Waals surface area (Å²) in [4.78, 5) is 0. The van der Waals surface area contributed by atoms with Crippen molar-refractivity contribution in [1.82, 2.24) is 5.32 Å². The van der Waals surface area contributed by atoms with Crippen LogP contribution in [0.3, 0.4) is 0 Å². The fraction of sp³-hybridized carbons (Fsp3) is 0.600. The van der Waals surface area contributed by atoms with Crippen LogP contribution in [0.5, 0.6) is 0 Å². The lowest BCUT2D eigenvalue weighted by Gasteiger charge is -2.36. The van der Waals surface area contributed by atoms with Gasteiger partial charge in [-0.15, -0.1) is 0 Å². The van der Waals surface area contributed by atoms with Crippen LogP contribution >= 0.6 is 0 Å². The summed E-state index contributed by atoms with van der Waals surface area (Å²) in [5.41, 5.74) is -0.741. The molecule has 0 spiro atoms. The highest BCUT2D eigenvalue weighted by Gasteiger charge is 2.32. The van der Waals surface area contributed by atoms with Crippen LogP contribution in [-0.2, 0) is 5.54 Å². The Morgan fingerprint density at radius 3 is 2.58 bits per heavy atom. The molecule has 1 saturated carbocycles. The topological polar surface area (TPSA) is 32.3 Å². The summed E-state index contributed by atoms with van der Waals surface area (Å²) >= 11 is 0. The van der Waals surface area contributed by atoms with Crippen molar-refractivity contribution in [2.45, 2.75) is 50.6 Å². The molecule has 1 atom stereocenters. The Kier molecular flexibility index (Phi) is 4.53. The third-order valence-corrected chi connectivity index (χ3v) is 3.97. The summed E-state index contributed by atoms with van der Waals surface area (Å²) in [5.74, 6) is -0.970. The van der Waals surface area contributed by atoms with E-state index in [9.17, 15) is 13.9 Å². The number of benzene rings is 1. The minimum Gasteiger partial charge on any atom is -0.394 e. The van der Waals surface area contributed by atoms with Gasteiger partial charge >= 0.3 is 0 Å². The lowest BCUT2D eigenvalue weighted by molar-refractivity contribution is 0.147. The summed E-state index contributed by atoms with van der Waals surface area (Å²) in [5, 5.41) is 12.9. The van der Waals surface area contributed by atoms with Gasteiger partial charge in [0, 0.05) is 11.6 Å². The molecule has 1 aromatic rings. The summed E-state index contributed by atoms with van der Waals surface area (Å²) < 4.78 is 27.2. The zero-order valence-corrected chi connectivity index (χ0v) is 11.3. The smallest absolute Gasteiger partial charge is 0.128 e. The molecule has 1 aliphatic rings. The number of nitrogens with one attached hydrogen (secondary N) is 1. The zero-order chi connectivity index (χ0) is 13.9. The maximum atomic E-state index is 13.9.